The number of hydrogen-bond donors (Lipinski definition) is 0. The second-order valence-electron chi connectivity index (χ2n) is 6.38. The fourth-order valence-electron chi connectivity index (χ4n) is 3.00. The van der Waals surface area contributed by atoms with Crippen LogP contribution < -0.4 is 9.47 Å². The average molecular weight is 493 g/mol. The van der Waals surface area contributed by atoms with Gasteiger partial charge in [-0.2, -0.15) is 0 Å². The van der Waals surface area contributed by atoms with Gasteiger partial charge in [0, 0.05) is 37.8 Å². The normalized spacial score (nSPS) is 13.9. The molecule has 0 unspecified atom stereocenters. The number of piperazine rings is 1. The molecule has 1 fully saturated rings. The molecule has 1 aromatic carbocycles. The number of benzene rings is 1. The number of nitrogens with zero attached hydrogens (tertiary/aromatic N) is 3. The van der Waals surface area contributed by atoms with E-state index in [1.165, 1.54) is 19.1 Å². The first-order chi connectivity index (χ1) is 14.3. The molecule has 0 saturated carbocycles. The molecule has 1 aromatic heterocycles. The van der Waals surface area contributed by atoms with Crippen LogP contribution in [0.1, 0.15) is 20.8 Å². The average Bonchev–Trinajstić information content (AvgIpc) is 2.78. The maximum atomic E-state index is 12.9. The third-order valence-corrected chi connectivity index (χ3v) is 6.32. The molecule has 2 amide bonds. The lowest BCUT2D eigenvalue weighted by molar-refractivity contribution is 0.0532. The third-order valence-electron chi connectivity index (χ3n) is 4.64. The molecule has 0 atom stereocenters. The Balaban J connectivity index is 1.72. The van der Waals surface area contributed by atoms with Gasteiger partial charge >= 0.3 is 0 Å². The quantitative estimate of drug-likeness (QED) is 0.594. The summed E-state index contributed by atoms with van der Waals surface area (Å²) in [5.74, 6) is 0.413. The van der Waals surface area contributed by atoms with Crippen molar-refractivity contribution in [2.24, 2.45) is 0 Å². The zero-order valence-electron chi connectivity index (χ0n) is 16.0. The Morgan fingerprint density at radius 1 is 0.800 bits per heavy atom. The summed E-state index contributed by atoms with van der Waals surface area (Å²) in [7, 11) is 3.03. The highest BCUT2D eigenvalue weighted by molar-refractivity contribution is 6.52. The highest BCUT2D eigenvalue weighted by Crippen LogP contribution is 2.36. The van der Waals surface area contributed by atoms with Gasteiger partial charge in [-0.25, -0.2) is 4.98 Å². The van der Waals surface area contributed by atoms with Crippen LogP contribution >= 0.6 is 46.4 Å². The standard InChI is InChI=1S/C19H17Cl4N3O4/c1-29-11-7-10(8-12(9-11)30-2)18(27)25-3-5-26(6-4-25)19(28)16-14(21)13(20)15(22)17(23)24-16/h7-9H,3-6H2,1-2H3. The number of amides is 2. The Hall–Kier alpha value is -1.93. The van der Waals surface area contributed by atoms with Crippen LogP contribution in [0.25, 0.3) is 0 Å². The van der Waals surface area contributed by atoms with Crippen molar-refractivity contribution in [3.05, 3.63) is 49.7 Å². The van der Waals surface area contributed by atoms with E-state index in [9.17, 15) is 9.59 Å². The first kappa shape index (κ1) is 22.7. The van der Waals surface area contributed by atoms with E-state index in [-0.39, 0.29) is 31.8 Å². The van der Waals surface area contributed by atoms with Crippen molar-refractivity contribution in [2.75, 3.05) is 40.4 Å². The number of pyridine rings is 1. The monoisotopic (exact) mass is 491 g/mol. The van der Waals surface area contributed by atoms with Crippen molar-refractivity contribution in [1.82, 2.24) is 14.8 Å². The molecule has 0 aliphatic carbocycles. The van der Waals surface area contributed by atoms with Crippen LogP contribution in [0.2, 0.25) is 20.2 Å². The summed E-state index contributed by atoms with van der Waals surface area (Å²) in [5.41, 5.74) is 0.361. The number of carbonyl (C=O) groups is 2. The predicted octanol–water partition coefficient (Wildman–Crippen LogP) is 4.31. The summed E-state index contributed by atoms with van der Waals surface area (Å²) in [6.07, 6.45) is 0. The number of rotatable bonds is 4. The van der Waals surface area contributed by atoms with Crippen molar-refractivity contribution >= 4 is 58.2 Å². The van der Waals surface area contributed by atoms with Crippen LogP contribution in [0.3, 0.4) is 0 Å². The Labute approximate surface area is 193 Å². The number of ether oxygens (including phenoxy) is 2. The Kier molecular flexibility index (Phi) is 7.18. The van der Waals surface area contributed by atoms with Gasteiger partial charge in [0.05, 0.1) is 29.3 Å². The lowest BCUT2D eigenvalue weighted by Crippen LogP contribution is -2.50. The van der Waals surface area contributed by atoms with Gasteiger partial charge in [-0.05, 0) is 12.1 Å². The molecular weight excluding hydrogens is 476 g/mol. The lowest BCUT2D eigenvalue weighted by Gasteiger charge is -2.34. The molecule has 2 heterocycles. The van der Waals surface area contributed by atoms with E-state index >= 15 is 0 Å². The van der Waals surface area contributed by atoms with Crippen LogP contribution in [0, 0.1) is 0 Å². The van der Waals surface area contributed by atoms with Gasteiger partial charge in [0.25, 0.3) is 11.8 Å². The van der Waals surface area contributed by atoms with E-state index in [2.05, 4.69) is 4.98 Å². The van der Waals surface area contributed by atoms with Gasteiger partial charge in [0.1, 0.15) is 22.3 Å². The predicted molar refractivity (Wildman–Crippen MR) is 116 cm³/mol. The summed E-state index contributed by atoms with van der Waals surface area (Å²) in [5, 5.41) is -0.195. The van der Waals surface area contributed by atoms with Gasteiger partial charge < -0.3 is 19.3 Å². The highest BCUT2D eigenvalue weighted by Gasteiger charge is 2.29. The largest absolute Gasteiger partial charge is 0.497 e. The fraction of sp³-hybridized carbons (Fsp3) is 0.316. The van der Waals surface area contributed by atoms with E-state index in [4.69, 9.17) is 55.9 Å². The molecular formula is C19H17Cl4N3O4. The molecule has 0 radical (unpaired) electrons. The maximum absolute atomic E-state index is 12.9. The summed E-state index contributed by atoms with van der Waals surface area (Å²) >= 11 is 24.0. The summed E-state index contributed by atoms with van der Waals surface area (Å²) < 4.78 is 10.4. The Bertz CT molecular complexity index is 972. The number of halogens is 4. The minimum absolute atomic E-state index is 0.0102. The molecule has 0 N–H and O–H groups in total. The van der Waals surface area contributed by atoms with Gasteiger partial charge in [0.15, 0.2) is 0 Å². The van der Waals surface area contributed by atoms with Crippen molar-refractivity contribution in [3.8, 4) is 11.5 Å². The second-order valence-corrected chi connectivity index (χ2v) is 7.87. The molecule has 11 heteroatoms. The molecule has 1 aliphatic heterocycles. The Morgan fingerprint density at radius 3 is 1.80 bits per heavy atom. The molecule has 1 aliphatic rings. The third kappa shape index (κ3) is 4.54. The molecule has 2 aromatic rings. The lowest BCUT2D eigenvalue weighted by atomic mass is 10.1. The zero-order valence-corrected chi connectivity index (χ0v) is 19.1. The highest BCUT2D eigenvalue weighted by atomic mass is 35.5. The van der Waals surface area contributed by atoms with Crippen LogP contribution in [-0.2, 0) is 0 Å². The molecule has 0 bridgehead atoms. The smallest absolute Gasteiger partial charge is 0.274 e. The first-order valence-electron chi connectivity index (χ1n) is 8.78. The summed E-state index contributed by atoms with van der Waals surface area (Å²) in [6.45, 7) is 1.25. The number of carbonyl (C=O) groups excluding carboxylic acids is 2. The minimum atomic E-state index is -0.435. The topological polar surface area (TPSA) is 72.0 Å². The molecule has 3 rings (SSSR count). The minimum Gasteiger partial charge on any atom is -0.497 e. The van der Waals surface area contributed by atoms with Crippen LogP contribution in [0.5, 0.6) is 11.5 Å². The van der Waals surface area contributed by atoms with E-state index in [0.717, 1.165) is 0 Å². The van der Waals surface area contributed by atoms with Crippen LogP contribution in [-0.4, -0.2) is 67.0 Å². The molecule has 0 spiro atoms. The van der Waals surface area contributed by atoms with Gasteiger partial charge in [0.2, 0.25) is 0 Å². The summed E-state index contributed by atoms with van der Waals surface area (Å²) in [6, 6.07) is 4.97. The van der Waals surface area contributed by atoms with E-state index in [1.807, 2.05) is 0 Å². The van der Waals surface area contributed by atoms with Crippen molar-refractivity contribution in [3.63, 3.8) is 0 Å². The van der Waals surface area contributed by atoms with Gasteiger partial charge in [-0.1, -0.05) is 46.4 Å². The number of methoxy groups -OCH3 is 2. The summed E-state index contributed by atoms with van der Waals surface area (Å²) in [4.78, 5) is 32.9. The number of hydrogen-bond acceptors (Lipinski definition) is 5. The Morgan fingerprint density at radius 2 is 1.30 bits per heavy atom. The van der Waals surface area contributed by atoms with Crippen molar-refractivity contribution in [1.29, 1.82) is 0 Å². The number of aromatic nitrogens is 1. The fourth-order valence-corrected chi connectivity index (χ4v) is 3.81. The second kappa shape index (κ2) is 9.47. The molecule has 1 saturated heterocycles. The maximum Gasteiger partial charge on any atom is 0.274 e. The van der Waals surface area contributed by atoms with Crippen molar-refractivity contribution in [2.45, 2.75) is 0 Å². The molecule has 30 heavy (non-hydrogen) atoms. The molecule has 7 nitrogen and oxygen atoms in total. The van der Waals surface area contributed by atoms with E-state index < -0.39 is 5.91 Å². The van der Waals surface area contributed by atoms with Crippen LogP contribution in [0.15, 0.2) is 18.2 Å². The van der Waals surface area contributed by atoms with Gasteiger partial charge in [-0.15, -0.1) is 0 Å². The molecule has 160 valence electrons. The zero-order chi connectivity index (χ0) is 22.0. The SMILES string of the molecule is COc1cc(OC)cc(C(=O)N2CCN(C(=O)c3nc(Cl)c(Cl)c(Cl)c3Cl)CC2)c1. The van der Waals surface area contributed by atoms with E-state index in [1.54, 1.807) is 23.1 Å². The first-order valence-corrected chi connectivity index (χ1v) is 10.3. The van der Waals surface area contributed by atoms with E-state index in [0.29, 0.717) is 43.2 Å². The van der Waals surface area contributed by atoms with Crippen LogP contribution in [0.4, 0.5) is 0 Å². The van der Waals surface area contributed by atoms with Crippen molar-refractivity contribution < 1.29 is 19.1 Å². The van der Waals surface area contributed by atoms with Gasteiger partial charge in [-0.3, -0.25) is 9.59 Å².